The normalized spacial score (nSPS) is 24.8. The van der Waals surface area contributed by atoms with Crippen molar-refractivity contribution >= 4 is 0 Å². The second kappa shape index (κ2) is 13.2. The van der Waals surface area contributed by atoms with Crippen LogP contribution in [0.3, 0.4) is 0 Å². The summed E-state index contributed by atoms with van der Waals surface area (Å²) in [5.74, 6) is -0.696. The molecule has 0 amide bonds. The molecule has 0 bridgehead atoms. The average molecular weight is 532 g/mol. The van der Waals surface area contributed by atoms with Gasteiger partial charge in [-0.15, -0.1) is 0 Å². The van der Waals surface area contributed by atoms with Crippen molar-refractivity contribution in [3.63, 3.8) is 0 Å². The van der Waals surface area contributed by atoms with Gasteiger partial charge in [-0.05, 0) is 43.4 Å². The van der Waals surface area contributed by atoms with Crippen LogP contribution in [0.5, 0.6) is 0 Å². The van der Waals surface area contributed by atoms with Crippen LogP contribution >= 0.6 is 0 Å². The lowest BCUT2D eigenvalue weighted by atomic mass is 9.89. The third-order valence-corrected chi connectivity index (χ3v) is 7.63. The molecule has 0 aliphatic carbocycles. The van der Waals surface area contributed by atoms with E-state index in [4.69, 9.17) is 18.9 Å². The third kappa shape index (κ3) is 7.76. The van der Waals surface area contributed by atoms with Crippen LogP contribution in [0.1, 0.15) is 43.4 Å². The van der Waals surface area contributed by atoms with Gasteiger partial charge in [-0.1, -0.05) is 91.0 Å². The summed E-state index contributed by atoms with van der Waals surface area (Å²) in [5.41, 5.74) is 3.43. The van der Waals surface area contributed by atoms with Crippen molar-refractivity contribution in [3.8, 4) is 0 Å². The fourth-order valence-corrected chi connectivity index (χ4v) is 5.63. The Bertz CT molecular complexity index is 1130. The van der Waals surface area contributed by atoms with Gasteiger partial charge >= 0.3 is 0 Å². The summed E-state index contributed by atoms with van der Waals surface area (Å²) in [6.45, 7) is 6.74. The van der Waals surface area contributed by atoms with Crippen LogP contribution in [0.2, 0.25) is 0 Å². The molecule has 2 aliphatic rings. The fraction of sp³-hybridized carbons (Fsp3) is 0.455. The third-order valence-electron chi connectivity index (χ3n) is 7.63. The molecule has 0 aromatic heterocycles. The number of aliphatic hydroxyl groups is 1. The molecule has 6 nitrogen and oxygen atoms in total. The van der Waals surface area contributed by atoms with Crippen LogP contribution in [0, 0.1) is 0 Å². The topological polar surface area (TPSA) is 60.4 Å². The second-order valence-corrected chi connectivity index (χ2v) is 11.1. The Hall–Kier alpha value is -2.58. The molecule has 6 heteroatoms. The summed E-state index contributed by atoms with van der Waals surface area (Å²) >= 11 is 0. The van der Waals surface area contributed by atoms with E-state index in [2.05, 4.69) is 53.4 Å². The van der Waals surface area contributed by atoms with E-state index in [1.54, 1.807) is 0 Å². The highest BCUT2D eigenvalue weighted by Gasteiger charge is 2.46. The second-order valence-electron chi connectivity index (χ2n) is 11.1. The van der Waals surface area contributed by atoms with Gasteiger partial charge in [-0.2, -0.15) is 0 Å². The first-order chi connectivity index (χ1) is 19.0. The SMILES string of the molecule is CC1(C)OC[C@H]([C@@H](OCc2ccccc2)[C@@H](OCc2ccccc2)[C@@H]2C[C@H](O)CCN2Cc2ccccc2)O1. The molecule has 2 aliphatic heterocycles. The Morgan fingerprint density at radius 3 is 1.90 bits per heavy atom. The van der Waals surface area contributed by atoms with Gasteiger partial charge in [0.1, 0.15) is 18.3 Å². The van der Waals surface area contributed by atoms with Gasteiger partial charge in [0.25, 0.3) is 0 Å². The molecular weight excluding hydrogens is 490 g/mol. The summed E-state index contributed by atoms with van der Waals surface area (Å²) in [6.07, 6.45) is -0.104. The fourth-order valence-electron chi connectivity index (χ4n) is 5.63. The van der Waals surface area contributed by atoms with Gasteiger partial charge < -0.3 is 24.1 Å². The smallest absolute Gasteiger partial charge is 0.163 e. The Morgan fingerprint density at radius 1 is 0.821 bits per heavy atom. The van der Waals surface area contributed by atoms with Crippen LogP contribution in [-0.4, -0.2) is 59.4 Å². The average Bonchev–Trinajstić information content (AvgIpc) is 3.32. The number of piperidine rings is 1. The van der Waals surface area contributed by atoms with Crippen LogP contribution in [0.25, 0.3) is 0 Å². The largest absolute Gasteiger partial charge is 0.393 e. The lowest BCUT2D eigenvalue weighted by molar-refractivity contribution is -0.194. The standard InChI is InChI=1S/C33H41NO5/c1-33(2)38-24-30(39-33)32(37-23-27-16-10-5-11-17-27)31(36-22-26-14-8-4-9-15-26)29-20-28(35)18-19-34(29)21-25-12-6-3-7-13-25/h3-17,28-32,35H,18-24H2,1-2H3/t28-,29+,30-,31+,32-/m1/s1. The van der Waals surface area contributed by atoms with Gasteiger partial charge in [0.2, 0.25) is 0 Å². The monoisotopic (exact) mass is 531 g/mol. The molecule has 1 N–H and O–H groups in total. The molecule has 5 rings (SSSR count). The number of nitrogens with zero attached hydrogens (tertiary/aromatic N) is 1. The first-order valence-corrected chi connectivity index (χ1v) is 14.1. The van der Waals surface area contributed by atoms with E-state index >= 15 is 0 Å². The zero-order valence-corrected chi connectivity index (χ0v) is 23.0. The summed E-state index contributed by atoms with van der Waals surface area (Å²) in [6, 6.07) is 30.8. The number of hydrogen-bond donors (Lipinski definition) is 1. The van der Waals surface area contributed by atoms with E-state index in [1.807, 2.05) is 56.3 Å². The zero-order valence-electron chi connectivity index (χ0n) is 23.0. The molecule has 3 aromatic carbocycles. The molecule has 3 aromatic rings. The van der Waals surface area contributed by atoms with Gasteiger partial charge in [-0.25, -0.2) is 0 Å². The number of rotatable bonds is 11. The number of aliphatic hydroxyl groups excluding tert-OH is 1. The Balaban J connectivity index is 1.46. The van der Waals surface area contributed by atoms with Gasteiger partial charge in [0, 0.05) is 19.1 Å². The molecule has 2 fully saturated rings. The molecule has 39 heavy (non-hydrogen) atoms. The minimum absolute atomic E-state index is 0.0641. The highest BCUT2D eigenvalue weighted by Crippen LogP contribution is 2.33. The van der Waals surface area contributed by atoms with E-state index in [0.29, 0.717) is 26.2 Å². The van der Waals surface area contributed by atoms with Crippen molar-refractivity contribution in [2.45, 2.75) is 82.7 Å². The maximum atomic E-state index is 10.9. The highest BCUT2D eigenvalue weighted by molar-refractivity contribution is 5.16. The van der Waals surface area contributed by atoms with Crippen molar-refractivity contribution in [1.82, 2.24) is 4.90 Å². The first kappa shape index (κ1) is 28.0. The Labute approximate surface area is 232 Å². The van der Waals surface area contributed by atoms with E-state index in [1.165, 1.54) is 5.56 Å². The van der Waals surface area contributed by atoms with Gasteiger partial charge in [0.05, 0.1) is 25.9 Å². The molecule has 2 heterocycles. The molecule has 208 valence electrons. The maximum absolute atomic E-state index is 10.9. The molecule has 2 saturated heterocycles. The van der Waals surface area contributed by atoms with E-state index in [9.17, 15) is 5.11 Å². The summed E-state index contributed by atoms with van der Waals surface area (Å²) in [4.78, 5) is 2.44. The summed E-state index contributed by atoms with van der Waals surface area (Å²) in [5, 5.41) is 10.9. The van der Waals surface area contributed by atoms with Gasteiger partial charge in [0.15, 0.2) is 5.79 Å². The molecule has 0 spiro atoms. The van der Waals surface area contributed by atoms with Crippen molar-refractivity contribution < 1.29 is 24.1 Å². The molecule has 5 atom stereocenters. The van der Waals surface area contributed by atoms with Crippen LogP contribution in [0.4, 0.5) is 0 Å². The van der Waals surface area contributed by atoms with Gasteiger partial charge in [-0.3, -0.25) is 4.90 Å². The van der Waals surface area contributed by atoms with Crippen molar-refractivity contribution in [2.75, 3.05) is 13.2 Å². The van der Waals surface area contributed by atoms with Crippen LogP contribution in [-0.2, 0) is 38.7 Å². The summed E-state index contributed by atoms with van der Waals surface area (Å²) in [7, 11) is 0. The lowest BCUT2D eigenvalue weighted by Crippen LogP contribution is -2.57. The minimum atomic E-state index is -0.696. The zero-order chi connectivity index (χ0) is 27.1. The maximum Gasteiger partial charge on any atom is 0.163 e. The lowest BCUT2D eigenvalue weighted by Gasteiger charge is -2.45. The number of hydrogen-bond acceptors (Lipinski definition) is 6. The highest BCUT2D eigenvalue weighted by atomic mass is 16.8. The van der Waals surface area contributed by atoms with Crippen molar-refractivity contribution in [1.29, 1.82) is 0 Å². The number of benzene rings is 3. The van der Waals surface area contributed by atoms with E-state index in [0.717, 1.165) is 30.6 Å². The Kier molecular flexibility index (Phi) is 9.45. The Morgan fingerprint density at radius 2 is 1.36 bits per heavy atom. The molecule has 0 unspecified atom stereocenters. The van der Waals surface area contributed by atoms with Crippen LogP contribution in [0.15, 0.2) is 91.0 Å². The predicted molar refractivity (Wildman–Crippen MR) is 151 cm³/mol. The van der Waals surface area contributed by atoms with E-state index in [-0.39, 0.29) is 18.2 Å². The number of ether oxygens (including phenoxy) is 4. The quantitative estimate of drug-likeness (QED) is 0.361. The first-order valence-electron chi connectivity index (χ1n) is 14.1. The van der Waals surface area contributed by atoms with Crippen molar-refractivity contribution in [2.24, 2.45) is 0 Å². The number of likely N-dealkylation sites (tertiary alicyclic amines) is 1. The van der Waals surface area contributed by atoms with Crippen LogP contribution < -0.4 is 0 Å². The van der Waals surface area contributed by atoms with Crippen molar-refractivity contribution in [3.05, 3.63) is 108 Å². The predicted octanol–water partition coefficient (Wildman–Crippen LogP) is 5.33. The minimum Gasteiger partial charge on any atom is -0.393 e. The molecular formula is C33H41NO5. The molecule has 0 radical (unpaired) electrons. The molecule has 0 saturated carbocycles. The summed E-state index contributed by atoms with van der Waals surface area (Å²) < 4.78 is 25.9. The van der Waals surface area contributed by atoms with E-state index < -0.39 is 18.0 Å².